The van der Waals surface area contributed by atoms with Crippen LogP contribution in [-0.2, 0) is 16.0 Å². The molecule has 2 aliphatic heterocycles. The summed E-state index contributed by atoms with van der Waals surface area (Å²) in [6, 6.07) is 18.8. The van der Waals surface area contributed by atoms with Crippen LogP contribution in [-0.4, -0.2) is 61.7 Å². The predicted octanol–water partition coefficient (Wildman–Crippen LogP) is 2.52. The Kier molecular flexibility index (Phi) is 5.41. The number of hydrogen-bond donors (Lipinski definition) is 0. The van der Waals surface area contributed by atoms with Crippen molar-refractivity contribution in [3.05, 3.63) is 65.7 Å². The van der Waals surface area contributed by atoms with Gasteiger partial charge in [-0.25, -0.2) is 0 Å². The molecule has 0 N–H and O–H groups in total. The third-order valence-electron chi connectivity index (χ3n) is 5.57. The van der Waals surface area contributed by atoms with Gasteiger partial charge in [-0.2, -0.15) is 0 Å². The van der Waals surface area contributed by atoms with Crippen LogP contribution in [0.4, 0.5) is 0 Å². The Morgan fingerprint density at radius 3 is 2.59 bits per heavy atom. The van der Waals surface area contributed by atoms with Gasteiger partial charge in [0.15, 0.2) is 0 Å². The highest BCUT2D eigenvalue weighted by molar-refractivity contribution is 5.79. The predicted molar refractivity (Wildman–Crippen MR) is 104 cm³/mol. The van der Waals surface area contributed by atoms with Crippen LogP contribution in [0.1, 0.15) is 17.2 Å². The Morgan fingerprint density at radius 2 is 1.85 bits per heavy atom. The summed E-state index contributed by atoms with van der Waals surface area (Å²) >= 11 is 0. The molecule has 2 aromatic rings. The van der Waals surface area contributed by atoms with E-state index in [4.69, 9.17) is 9.47 Å². The molecule has 2 aromatic carbocycles. The fourth-order valence-electron chi connectivity index (χ4n) is 4.06. The lowest BCUT2D eigenvalue weighted by Gasteiger charge is -2.48. The van der Waals surface area contributed by atoms with Gasteiger partial charge in [-0.1, -0.05) is 42.5 Å². The molecule has 2 aliphatic rings. The number of amides is 1. The van der Waals surface area contributed by atoms with Crippen LogP contribution in [0.2, 0.25) is 0 Å². The maximum atomic E-state index is 12.8. The van der Waals surface area contributed by atoms with Crippen molar-refractivity contribution < 1.29 is 14.3 Å². The Hall–Kier alpha value is -2.37. The average Bonchev–Trinajstić information content (AvgIpc) is 2.74. The molecule has 0 aliphatic carbocycles. The number of carbonyl (C=O) groups excluding carboxylic acids is 1. The summed E-state index contributed by atoms with van der Waals surface area (Å²) in [5, 5.41) is 0. The molecular formula is C22H26N2O3. The lowest BCUT2D eigenvalue weighted by Crippen LogP contribution is -2.60. The van der Waals surface area contributed by atoms with Gasteiger partial charge in [-0.15, -0.1) is 0 Å². The maximum absolute atomic E-state index is 12.8. The first-order chi connectivity index (χ1) is 13.2. The number of rotatable bonds is 4. The van der Waals surface area contributed by atoms with E-state index in [0.717, 1.165) is 37.6 Å². The number of nitrogens with zero attached hydrogens (tertiary/aromatic N) is 2. The van der Waals surface area contributed by atoms with Gasteiger partial charge in [0.25, 0.3) is 0 Å². The van der Waals surface area contributed by atoms with E-state index in [-0.39, 0.29) is 18.0 Å². The molecule has 0 spiro atoms. The number of hydrogen-bond acceptors (Lipinski definition) is 4. The zero-order chi connectivity index (χ0) is 18.6. The molecular weight excluding hydrogens is 340 g/mol. The summed E-state index contributed by atoms with van der Waals surface area (Å²) in [6.45, 7) is 3.81. The van der Waals surface area contributed by atoms with Crippen molar-refractivity contribution in [2.45, 2.75) is 18.5 Å². The number of ether oxygens (including phenoxy) is 2. The second kappa shape index (κ2) is 8.11. The largest absolute Gasteiger partial charge is 0.497 e. The molecule has 0 saturated carbocycles. The molecule has 4 rings (SSSR count). The van der Waals surface area contributed by atoms with Gasteiger partial charge in [0.1, 0.15) is 5.75 Å². The molecule has 2 heterocycles. The van der Waals surface area contributed by atoms with Crippen molar-refractivity contribution in [2.75, 3.05) is 40.0 Å². The highest BCUT2D eigenvalue weighted by Crippen LogP contribution is 2.29. The minimum Gasteiger partial charge on any atom is -0.497 e. The zero-order valence-electron chi connectivity index (χ0n) is 15.7. The van der Waals surface area contributed by atoms with Crippen molar-refractivity contribution in [1.29, 1.82) is 0 Å². The van der Waals surface area contributed by atoms with Gasteiger partial charge < -0.3 is 14.4 Å². The molecule has 142 valence electrons. The van der Waals surface area contributed by atoms with E-state index in [1.165, 1.54) is 5.56 Å². The van der Waals surface area contributed by atoms with Crippen molar-refractivity contribution in [2.24, 2.45) is 0 Å². The van der Waals surface area contributed by atoms with Gasteiger partial charge in [0.05, 0.1) is 38.8 Å². The summed E-state index contributed by atoms with van der Waals surface area (Å²) in [5.74, 6) is 0.993. The van der Waals surface area contributed by atoms with E-state index in [0.29, 0.717) is 13.0 Å². The minimum absolute atomic E-state index is 0.182. The molecule has 0 aromatic heterocycles. The smallest absolute Gasteiger partial charge is 0.227 e. The molecule has 2 fully saturated rings. The van der Waals surface area contributed by atoms with Crippen molar-refractivity contribution >= 4 is 5.91 Å². The molecule has 0 bridgehead atoms. The molecule has 0 radical (unpaired) electrons. The van der Waals surface area contributed by atoms with E-state index >= 15 is 0 Å². The van der Waals surface area contributed by atoms with Crippen molar-refractivity contribution in [3.63, 3.8) is 0 Å². The number of methoxy groups -OCH3 is 1. The van der Waals surface area contributed by atoms with Crippen LogP contribution >= 0.6 is 0 Å². The van der Waals surface area contributed by atoms with Crippen LogP contribution in [0.3, 0.4) is 0 Å². The van der Waals surface area contributed by atoms with Gasteiger partial charge in [-0.05, 0) is 23.3 Å². The summed E-state index contributed by atoms with van der Waals surface area (Å²) in [5.41, 5.74) is 2.31. The van der Waals surface area contributed by atoms with E-state index < -0.39 is 0 Å². The van der Waals surface area contributed by atoms with Crippen LogP contribution in [0.5, 0.6) is 5.75 Å². The fraction of sp³-hybridized carbons (Fsp3) is 0.409. The Bertz CT molecular complexity index is 763. The third-order valence-corrected chi connectivity index (χ3v) is 5.57. The van der Waals surface area contributed by atoms with Crippen LogP contribution in [0.25, 0.3) is 0 Å². The normalized spacial score (nSPS) is 22.9. The lowest BCUT2D eigenvalue weighted by atomic mass is 10.00. The molecule has 27 heavy (non-hydrogen) atoms. The highest BCUT2D eigenvalue weighted by Gasteiger charge is 2.37. The molecule has 5 nitrogen and oxygen atoms in total. The van der Waals surface area contributed by atoms with Gasteiger partial charge >= 0.3 is 0 Å². The van der Waals surface area contributed by atoms with E-state index in [2.05, 4.69) is 29.2 Å². The third kappa shape index (κ3) is 3.99. The Morgan fingerprint density at radius 1 is 1.07 bits per heavy atom. The lowest BCUT2D eigenvalue weighted by molar-refractivity contribution is -0.139. The van der Waals surface area contributed by atoms with Gasteiger partial charge in [0.2, 0.25) is 5.91 Å². The monoisotopic (exact) mass is 366 g/mol. The number of fused-ring (bicyclic) bond motifs is 1. The van der Waals surface area contributed by atoms with Gasteiger partial charge in [0, 0.05) is 19.6 Å². The molecule has 2 atom stereocenters. The number of benzene rings is 2. The number of piperazine rings is 1. The number of carbonyl (C=O) groups is 1. The summed E-state index contributed by atoms with van der Waals surface area (Å²) in [4.78, 5) is 17.3. The topological polar surface area (TPSA) is 42.0 Å². The van der Waals surface area contributed by atoms with Gasteiger partial charge in [-0.3, -0.25) is 9.69 Å². The Balaban J connectivity index is 1.39. The number of morpholine rings is 1. The van der Waals surface area contributed by atoms with E-state index in [1.807, 2.05) is 35.2 Å². The minimum atomic E-state index is 0.182. The second-order valence-electron chi connectivity index (χ2n) is 7.22. The van der Waals surface area contributed by atoms with Crippen LogP contribution < -0.4 is 4.74 Å². The first-order valence-electron chi connectivity index (χ1n) is 9.54. The summed E-state index contributed by atoms with van der Waals surface area (Å²) in [7, 11) is 1.65. The molecule has 1 amide bonds. The highest BCUT2D eigenvalue weighted by atomic mass is 16.5. The first-order valence-corrected chi connectivity index (χ1v) is 9.54. The SMILES string of the molecule is COc1ccc(CC(=O)N2CCN3[C@@H](COC[C@@H]3c3ccccc3)C2)cc1. The van der Waals surface area contributed by atoms with E-state index in [9.17, 15) is 4.79 Å². The van der Waals surface area contributed by atoms with E-state index in [1.54, 1.807) is 7.11 Å². The van der Waals surface area contributed by atoms with Crippen molar-refractivity contribution in [3.8, 4) is 5.75 Å². The second-order valence-corrected chi connectivity index (χ2v) is 7.22. The molecule has 0 unspecified atom stereocenters. The Labute approximate surface area is 160 Å². The average molecular weight is 366 g/mol. The zero-order valence-corrected chi connectivity index (χ0v) is 15.7. The van der Waals surface area contributed by atoms with Crippen LogP contribution in [0.15, 0.2) is 54.6 Å². The van der Waals surface area contributed by atoms with Crippen LogP contribution in [0, 0.1) is 0 Å². The summed E-state index contributed by atoms with van der Waals surface area (Å²) < 4.78 is 11.1. The molecule has 5 heteroatoms. The fourth-order valence-corrected chi connectivity index (χ4v) is 4.06. The molecule has 2 saturated heterocycles. The summed E-state index contributed by atoms with van der Waals surface area (Å²) in [6.07, 6.45) is 0.430. The first kappa shape index (κ1) is 18.0. The maximum Gasteiger partial charge on any atom is 0.227 e. The van der Waals surface area contributed by atoms with Crippen molar-refractivity contribution in [1.82, 2.24) is 9.80 Å². The standard InChI is InChI=1S/C22H26N2O3/c1-26-20-9-7-17(8-10-20)13-22(25)23-11-12-24-19(14-23)15-27-16-21(24)18-5-3-2-4-6-18/h2-10,19,21H,11-16H2,1H3/t19-,21-/m1/s1. The quantitative estimate of drug-likeness (QED) is 0.834.